The van der Waals surface area contributed by atoms with E-state index in [4.69, 9.17) is 8.94 Å². The van der Waals surface area contributed by atoms with E-state index >= 15 is 0 Å². The summed E-state index contributed by atoms with van der Waals surface area (Å²) in [6, 6.07) is 11.6. The largest absolute Gasteiger partial charge is 0.411 e. The van der Waals surface area contributed by atoms with Crippen LogP contribution in [-0.2, 0) is 5.75 Å². The molecule has 8 heteroatoms. The lowest BCUT2D eigenvalue weighted by Crippen LogP contribution is -1.81. The van der Waals surface area contributed by atoms with Gasteiger partial charge in [0.05, 0.1) is 5.75 Å². The Hall–Kier alpha value is -2.45. The molecule has 0 amide bonds. The van der Waals surface area contributed by atoms with Gasteiger partial charge in [0.15, 0.2) is 0 Å². The molecule has 4 aromatic rings. The second kappa shape index (κ2) is 6.35. The highest BCUT2D eigenvalue weighted by Gasteiger charge is 2.13. The van der Waals surface area contributed by atoms with Gasteiger partial charge in [-0.25, -0.2) is 0 Å². The smallest absolute Gasteiger partial charge is 0.277 e. The average molecular weight is 342 g/mol. The lowest BCUT2D eigenvalue weighted by molar-refractivity contribution is 0.391. The van der Waals surface area contributed by atoms with Crippen LogP contribution in [0.3, 0.4) is 0 Å². The third-order valence-electron chi connectivity index (χ3n) is 2.99. The van der Waals surface area contributed by atoms with Crippen LogP contribution in [0.1, 0.15) is 5.89 Å². The van der Waals surface area contributed by atoms with Gasteiger partial charge in [-0.05, 0) is 23.6 Å². The van der Waals surface area contributed by atoms with E-state index in [1.54, 1.807) is 11.3 Å². The number of rotatable bonds is 5. The Bertz CT molecular complexity index is 887. The molecule has 0 aliphatic heterocycles. The zero-order valence-electron chi connectivity index (χ0n) is 11.7. The second-order valence-electron chi connectivity index (χ2n) is 4.55. The first kappa shape index (κ1) is 14.2. The van der Waals surface area contributed by atoms with Crippen LogP contribution in [0.4, 0.5) is 0 Å². The van der Waals surface area contributed by atoms with Crippen molar-refractivity contribution >= 4 is 23.1 Å². The fourth-order valence-electron chi connectivity index (χ4n) is 1.91. The second-order valence-corrected chi connectivity index (χ2v) is 6.26. The molecule has 0 atom stereocenters. The van der Waals surface area contributed by atoms with Crippen molar-refractivity contribution in [2.24, 2.45) is 0 Å². The highest BCUT2D eigenvalue weighted by Crippen LogP contribution is 2.26. The Kier molecular flexibility index (Phi) is 3.91. The quantitative estimate of drug-likeness (QED) is 0.504. The van der Waals surface area contributed by atoms with Crippen LogP contribution >= 0.6 is 23.1 Å². The number of benzene rings is 1. The summed E-state index contributed by atoms with van der Waals surface area (Å²) >= 11 is 2.96. The van der Waals surface area contributed by atoms with Crippen LogP contribution in [-0.4, -0.2) is 20.3 Å². The molecule has 0 saturated carbocycles. The van der Waals surface area contributed by atoms with E-state index in [0.29, 0.717) is 28.6 Å². The maximum absolute atomic E-state index is 5.62. The van der Waals surface area contributed by atoms with Crippen molar-refractivity contribution in [3.63, 3.8) is 0 Å². The first-order valence-corrected chi connectivity index (χ1v) is 8.68. The molecule has 114 valence electrons. The molecule has 0 unspecified atom stereocenters. The van der Waals surface area contributed by atoms with E-state index in [0.717, 1.165) is 11.1 Å². The summed E-state index contributed by atoms with van der Waals surface area (Å²) in [5, 5.41) is 16.5. The topological polar surface area (TPSA) is 77.8 Å². The van der Waals surface area contributed by atoms with Crippen molar-refractivity contribution in [3.8, 4) is 22.8 Å². The lowest BCUT2D eigenvalue weighted by Gasteiger charge is -1.92. The number of nitrogens with zero attached hydrogens (tertiary/aromatic N) is 4. The Morgan fingerprint density at radius 2 is 1.96 bits per heavy atom. The SMILES string of the molecule is c1ccc(-c2nnc(SCc3nc(-c4ccsc4)no3)o2)cc1. The first-order valence-electron chi connectivity index (χ1n) is 6.75. The highest BCUT2D eigenvalue weighted by atomic mass is 32.2. The summed E-state index contributed by atoms with van der Waals surface area (Å²) in [6.07, 6.45) is 0. The monoisotopic (exact) mass is 342 g/mol. The van der Waals surface area contributed by atoms with E-state index in [1.165, 1.54) is 11.8 Å². The average Bonchev–Trinajstić information content (AvgIpc) is 3.33. The minimum absolute atomic E-state index is 0.471. The van der Waals surface area contributed by atoms with Crippen molar-refractivity contribution in [2.75, 3.05) is 0 Å². The van der Waals surface area contributed by atoms with Crippen LogP contribution in [0.15, 0.2) is 61.3 Å². The van der Waals surface area contributed by atoms with Crippen molar-refractivity contribution in [3.05, 3.63) is 53.0 Å². The maximum atomic E-state index is 5.62. The van der Waals surface area contributed by atoms with Gasteiger partial charge in [-0.1, -0.05) is 35.1 Å². The van der Waals surface area contributed by atoms with Gasteiger partial charge < -0.3 is 8.94 Å². The molecule has 23 heavy (non-hydrogen) atoms. The third-order valence-corrected chi connectivity index (χ3v) is 4.48. The number of thiophene rings is 1. The third kappa shape index (κ3) is 3.17. The van der Waals surface area contributed by atoms with E-state index in [-0.39, 0.29) is 0 Å². The van der Waals surface area contributed by atoms with E-state index < -0.39 is 0 Å². The Morgan fingerprint density at radius 3 is 2.78 bits per heavy atom. The Morgan fingerprint density at radius 1 is 1.04 bits per heavy atom. The van der Waals surface area contributed by atoms with Gasteiger partial charge in [0, 0.05) is 16.5 Å². The molecule has 1 aromatic carbocycles. The van der Waals surface area contributed by atoms with Crippen molar-refractivity contribution in [1.82, 2.24) is 20.3 Å². The minimum atomic E-state index is 0.471. The number of aromatic nitrogens is 4. The molecular formula is C15H10N4O2S2. The summed E-state index contributed by atoms with van der Waals surface area (Å²) in [5.41, 5.74) is 1.85. The minimum Gasteiger partial charge on any atom is -0.411 e. The fraction of sp³-hybridized carbons (Fsp3) is 0.0667. The molecule has 3 aromatic heterocycles. The molecule has 3 heterocycles. The van der Waals surface area contributed by atoms with Gasteiger partial charge in [0.2, 0.25) is 17.6 Å². The summed E-state index contributed by atoms with van der Waals surface area (Å²) < 4.78 is 10.9. The molecule has 0 bridgehead atoms. The van der Waals surface area contributed by atoms with Gasteiger partial charge in [-0.3, -0.25) is 0 Å². The van der Waals surface area contributed by atoms with Gasteiger partial charge in [-0.15, -0.1) is 10.2 Å². The lowest BCUT2D eigenvalue weighted by atomic mass is 10.2. The summed E-state index contributed by atoms with van der Waals surface area (Å²) in [4.78, 5) is 4.35. The number of hydrogen-bond donors (Lipinski definition) is 0. The summed E-state index contributed by atoms with van der Waals surface area (Å²) in [6.45, 7) is 0. The Balaban J connectivity index is 1.43. The molecule has 6 nitrogen and oxygen atoms in total. The van der Waals surface area contributed by atoms with Gasteiger partial charge in [-0.2, -0.15) is 16.3 Å². The van der Waals surface area contributed by atoms with Crippen LogP contribution in [0.25, 0.3) is 22.8 Å². The van der Waals surface area contributed by atoms with Crippen LogP contribution in [0, 0.1) is 0 Å². The highest BCUT2D eigenvalue weighted by molar-refractivity contribution is 7.98. The van der Waals surface area contributed by atoms with E-state index in [9.17, 15) is 0 Å². The molecular weight excluding hydrogens is 332 g/mol. The Labute approximate surface area is 139 Å². The summed E-state index contributed by atoms with van der Waals surface area (Å²) in [5.74, 6) is 2.10. The molecule has 0 N–H and O–H groups in total. The molecule has 0 spiro atoms. The van der Waals surface area contributed by atoms with Gasteiger partial charge in [0.25, 0.3) is 5.22 Å². The predicted molar refractivity (Wildman–Crippen MR) is 86.9 cm³/mol. The molecule has 0 radical (unpaired) electrons. The standard InChI is InChI=1S/C15H10N4O2S2/c1-2-4-10(5-3-1)14-17-18-15(20-14)23-9-12-16-13(19-21-12)11-6-7-22-8-11/h1-8H,9H2. The van der Waals surface area contributed by atoms with E-state index in [1.807, 2.05) is 47.2 Å². The van der Waals surface area contributed by atoms with Crippen LogP contribution in [0.5, 0.6) is 0 Å². The normalized spacial score (nSPS) is 11.0. The molecule has 0 saturated heterocycles. The zero-order chi connectivity index (χ0) is 15.5. The summed E-state index contributed by atoms with van der Waals surface area (Å²) in [7, 11) is 0. The fourth-order valence-corrected chi connectivity index (χ4v) is 3.15. The van der Waals surface area contributed by atoms with Crippen molar-refractivity contribution in [2.45, 2.75) is 11.0 Å². The molecule has 4 rings (SSSR count). The molecule has 0 fully saturated rings. The predicted octanol–water partition coefficient (Wildman–Crippen LogP) is 4.14. The van der Waals surface area contributed by atoms with Crippen molar-refractivity contribution < 1.29 is 8.94 Å². The van der Waals surface area contributed by atoms with Gasteiger partial charge >= 0.3 is 0 Å². The molecule has 0 aliphatic rings. The van der Waals surface area contributed by atoms with Crippen LogP contribution < -0.4 is 0 Å². The first-order chi connectivity index (χ1) is 11.4. The number of thioether (sulfide) groups is 1. The molecule has 0 aliphatic carbocycles. The zero-order valence-corrected chi connectivity index (χ0v) is 13.4. The van der Waals surface area contributed by atoms with Crippen LogP contribution in [0.2, 0.25) is 0 Å². The van der Waals surface area contributed by atoms with E-state index in [2.05, 4.69) is 20.3 Å². The maximum Gasteiger partial charge on any atom is 0.277 e. The van der Waals surface area contributed by atoms with Gasteiger partial charge in [0.1, 0.15) is 0 Å². The van der Waals surface area contributed by atoms with Crippen molar-refractivity contribution in [1.29, 1.82) is 0 Å². The number of hydrogen-bond acceptors (Lipinski definition) is 8.